The van der Waals surface area contributed by atoms with Gasteiger partial charge in [-0.3, -0.25) is 16.1 Å². The van der Waals surface area contributed by atoms with E-state index < -0.39 is 17.7 Å². The molecule has 0 unspecified atom stereocenters. The lowest BCUT2D eigenvalue weighted by Gasteiger charge is -2.16. The number of nitrogens with one attached hydrogen (secondary N) is 5. The van der Waals surface area contributed by atoms with Crippen LogP contribution in [0.4, 0.5) is 18.9 Å². The summed E-state index contributed by atoms with van der Waals surface area (Å²) in [5.41, 5.74) is -1.17. The molecular weight excluding hydrogens is 327 g/mol. The molecule has 0 aromatic heterocycles. The maximum Gasteiger partial charge on any atom is 0.418 e. The maximum absolute atomic E-state index is 12.8. The molecule has 0 bridgehead atoms. The largest absolute Gasteiger partial charge is 0.418 e. The van der Waals surface area contributed by atoms with Crippen molar-refractivity contribution in [3.8, 4) is 0 Å². The molecule has 0 spiro atoms. The first-order chi connectivity index (χ1) is 8.74. The van der Waals surface area contributed by atoms with Gasteiger partial charge >= 0.3 is 6.18 Å². The quantitative estimate of drug-likeness (QED) is 0.403. The Bertz CT molecular complexity index is 500. The average molecular weight is 338 g/mol. The van der Waals surface area contributed by atoms with Crippen molar-refractivity contribution in [2.24, 2.45) is 0 Å². The molecule has 9 heteroatoms. The SMILES string of the molecule is CNC(=N)NC(=N)Nc1ccc(Br)cc1C(F)(F)F. The van der Waals surface area contributed by atoms with E-state index in [0.29, 0.717) is 0 Å². The molecule has 1 aromatic rings. The summed E-state index contributed by atoms with van der Waals surface area (Å²) in [6, 6.07) is 3.54. The van der Waals surface area contributed by atoms with Crippen LogP contribution in [0.5, 0.6) is 0 Å². The number of anilines is 1. The van der Waals surface area contributed by atoms with Crippen LogP contribution in [0.2, 0.25) is 0 Å². The van der Waals surface area contributed by atoms with Gasteiger partial charge in [0.25, 0.3) is 0 Å². The minimum atomic E-state index is -4.54. The number of benzene rings is 1. The molecule has 0 aliphatic heterocycles. The number of alkyl halides is 3. The van der Waals surface area contributed by atoms with Crippen LogP contribution in [-0.4, -0.2) is 19.0 Å². The van der Waals surface area contributed by atoms with Gasteiger partial charge in [-0.2, -0.15) is 13.2 Å². The molecule has 0 aliphatic rings. The molecule has 1 rings (SSSR count). The molecular formula is C10H11BrF3N5. The fraction of sp³-hybridized carbons (Fsp3) is 0.200. The summed E-state index contributed by atoms with van der Waals surface area (Å²) in [5.74, 6) is -0.643. The van der Waals surface area contributed by atoms with Gasteiger partial charge in [0, 0.05) is 11.5 Å². The summed E-state index contributed by atoms with van der Waals surface area (Å²) in [4.78, 5) is 0. The van der Waals surface area contributed by atoms with E-state index in [1.54, 1.807) is 0 Å². The van der Waals surface area contributed by atoms with E-state index in [-0.39, 0.29) is 16.1 Å². The molecule has 0 amide bonds. The Labute approximate surface area is 115 Å². The van der Waals surface area contributed by atoms with Crippen molar-refractivity contribution in [1.29, 1.82) is 10.8 Å². The molecule has 1 aromatic carbocycles. The first kappa shape index (κ1) is 15.3. The van der Waals surface area contributed by atoms with Crippen molar-refractivity contribution in [3.05, 3.63) is 28.2 Å². The molecule has 0 radical (unpaired) electrons. The van der Waals surface area contributed by atoms with E-state index in [1.807, 2.05) is 0 Å². The zero-order valence-corrected chi connectivity index (χ0v) is 11.3. The fourth-order valence-corrected chi connectivity index (χ4v) is 1.57. The van der Waals surface area contributed by atoms with Crippen molar-refractivity contribution in [1.82, 2.24) is 10.6 Å². The molecule has 5 nitrogen and oxygen atoms in total. The highest BCUT2D eigenvalue weighted by molar-refractivity contribution is 9.10. The molecule has 0 aliphatic carbocycles. The van der Waals surface area contributed by atoms with Crippen LogP contribution in [0.3, 0.4) is 0 Å². The Morgan fingerprint density at radius 2 is 1.84 bits per heavy atom. The van der Waals surface area contributed by atoms with E-state index in [4.69, 9.17) is 10.8 Å². The summed E-state index contributed by atoms with van der Waals surface area (Å²) < 4.78 is 38.7. The van der Waals surface area contributed by atoms with Gasteiger partial charge in [0.1, 0.15) is 0 Å². The molecule has 5 N–H and O–H groups in total. The summed E-state index contributed by atoms with van der Waals surface area (Å²) in [5, 5.41) is 21.5. The van der Waals surface area contributed by atoms with Crippen LogP contribution >= 0.6 is 15.9 Å². The highest BCUT2D eigenvalue weighted by Gasteiger charge is 2.34. The Morgan fingerprint density at radius 3 is 2.37 bits per heavy atom. The second kappa shape index (κ2) is 5.91. The van der Waals surface area contributed by atoms with Gasteiger partial charge in [0.15, 0.2) is 11.9 Å². The van der Waals surface area contributed by atoms with Gasteiger partial charge in [0.2, 0.25) is 0 Å². The van der Waals surface area contributed by atoms with Crippen molar-refractivity contribution in [2.75, 3.05) is 12.4 Å². The number of hydrogen-bond donors (Lipinski definition) is 5. The Balaban J connectivity index is 2.95. The van der Waals surface area contributed by atoms with Crippen molar-refractivity contribution < 1.29 is 13.2 Å². The molecule has 104 valence electrons. The number of hydrogen-bond acceptors (Lipinski definition) is 2. The number of rotatable bonds is 1. The maximum atomic E-state index is 12.8. The van der Waals surface area contributed by atoms with E-state index in [9.17, 15) is 13.2 Å². The minimum absolute atomic E-state index is 0.205. The summed E-state index contributed by atoms with van der Waals surface area (Å²) >= 11 is 2.97. The van der Waals surface area contributed by atoms with Crippen molar-refractivity contribution in [3.63, 3.8) is 0 Å². The van der Waals surface area contributed by atoms with Gasteiger partial charge in [-0.1, -0.05) is 15.9 Å². The average Bonchev–Trinajstić information content (AvgIpc) is 2.29. The van der Waals surface area contributed by atoms with Gasteiger partial charge in [0.05, 0.1) is 11.3 Å². The minimum Gasteiger partial charge on any atom is -0.359 e. The molecule has 0 saturated heterocycles. The predicted octanol–water partition coefficient (Wildman–Crippen LogP) is 2.56. The van der Waals surface area contributed by atoms with Gasteiger partial charge in [-0.25, -0.2) is 0 Å². The van der Waals surface area contributed by atoms with E-state index in [2.05, 4.69) is 31.9 Å². The van der Waals surface area contributed by atoms with E-state index in [0.717, 1.165) is 6.07 Å². The second-order valence-corrected chi connectivity index (χ2v) is 4.35. The lowest BCUT2D eigenvalue weighted by atomic mass is 10.1. The zero-order chi connectivity index (χ0) is 14.6. The lowest BCUT2D eigenvalue weighted by molar-refractivity contribution is -0.136. The molecule has 0 heterocycles. The monoisotopic (exact) mass is 337 g/mol. The Morgan fingerprint density at radius 1 is 1.21 bits per heavy atom. The van der Waals surface area contributed by atoms with Crippen LogP contribution in [0.1, 0.15) is 5.56 Å². The van der Waals surface area contributed by atoms with Crippen molar-refractivity contribution >= 4 is 33.5 Å². The Kier molecular flexibility index (Phi) is 4.76. The molecule has 0 fully saturated rings. The van der Waals surface area contributed by atoms with Crippen LogP contribution in [0, 0.1) is 10.8 Å². The van der Waals surface area contributed by atoms with Crippen LogP contribution < -0.4 is 16.0 Å². The van der Waals surface area contributed by atoms with Crippen molar-refractivity contribution in [2.45, 2.75) is 6.18 Å². The zero-order valence-electron chi connectivity index (χ0n) is 9.74. The normalized spacial score (nSPS) is 10.8. The predicted molar refractivity (Wildman–Crippen MR) is 70.4 cm³/mol. The first-order valence-electron chi connectivity index (χ1n) is 4.99. The van der Waals surface area contributed by atoms with E-state index in [1.165, 1.54) is 19.2 Å². The molecule has 0 saturated carbocycles. The second-order valence-electron chi connectivity index (χ2n) is 3.44. The van der Waals surface area contributed by atoms with Gasteiger partial charge in [-0.05, 0) is 18.2 Å². The van der Waals surface area contributed by atoms with Gasteiger partial charge in [-0.15, -0.1) is 0 Å². The third kappa shape index (κ3) is 4.43. The summed E-state index contributed by atoms with van der Waals surface area (Å²) in [7, 11) is 1.45. The smallest absolute Gasteiger partial charge is 0.359 e. The van der Waals surface area contributed by atoms with Crippen LogP contribution in [-0.2, 0) is 6.18 Å². The van der Waals surface area contributed by atoms with Crippen LogP contribution in [0.25, 0.3) is 0 Å². The molecule has 0 atom stereocenters. The highest BCUT2D eigenvalue weighted by Crippen LogP contribution is 2.36. The first-order valence-corrected chi connectivity index (χ1v) is 5.79. The number of guanidine groups is 2. The third-order valence-corrected chi connectivity index (χ3v) is 2.54. The number of halogens is 4. The third-order valence-electron chi connectivity index (χ3n) is 2.05. The lowest BCUT2D eigenvalue weighted by Crippen LogP contribution is -2.41. The van der Waals surface area contributed by atoms with Gasteiger partial charge < -0.3 is 10.6 Å². The van der Waals surface area contributed by atoms with E-state index >= 15 is 0 Å². The van der Waals surface area contributed by atoms with Crippen LogP contribution in [0.15, 0.2) is 22.7 Å². The fourth-order valence-electron chi connectivity index (χ4n) is 1.21. The highest BCUT2D eigenvalue weighted by atomic mass is 79.9. The summed E-state index contributed by atoms with van der Waals surface area (Å²) in [6.07, 6.45) is -4.54. The standard InChI is InChI=1S/C10H11BrF3N5/c1-17-8(15)19-9(16)18-7-3-2-5(11)4-6(7)10(12,13)14/h2-4H,1H3,(H5,15,16,17,18,19). The Hall–Kier alpha value is -1.77. The molecule has 19 heavy (non-hydrogen) atoms. The topological polar surface area (TPSA) is 83.8 Å². The summed E-state index contributed by atoms with van der Waals surface area (Å²) in [6.45, 7) is 0.